The Balaban J connectivity index is 1.60. The van der Waals surface area contributed by atoms with Gasteiger partial charge in [-0.15, -0.1) is 11.8 Å². The molecule has 2 aliphatic rings. The molecule has 1 aliphatic heterocycles. The molecule has 0 bridgehead atoms. The van der Waals surface area contributed by atoms with Crippen LogP contribution < -0.4 is 5.32 Å². The molecule has 0 radical (unpaired) electrons. The molecule has 5 heteroatoms. The van der Waals surface area contributed by atoms with E-state index < -0.39 is 0 Å². The summed E-state index contributed by atoms with van der Waals surface area (Å²) in [6.07, 6.45) is 3.10. The summed E-state index contributed by atoms with van der Waals surface area (Å²) >= 11 is 1.67. The molecule has 1 saturated heterocycles. The SMILES string of the molecule is Cc1cccc(C(C)(C)CNC(=O)C2CSCN2C(=O)C2CCC2)c1. The third kappa shape index (κ3) is 4.02. The Morgan fingerprint density at radius 2 is 2.08 bits per heavy atom. The highest BCUT2D eigenvalue weighted by molar-refractivity contribution is 7.99. The van der Waals surface area contributed by atoms with Crippen LogP contribution in [0, 0.1) is 12.8 Å². The van der Waals surface area contributed by atoms with Crippen molar-refractivity contribution >= 4 is 23.6 Å². The number of amides is 2. The van der Waals surface area contributed by atoms with Gasteiger partial charge in [0.2, 0.25) is 11.8 Å². The van der Waals surface area contributed by atoms with Crippen LogP contribution in [0.4, 0.5) is 0 Å². The molecule has 1 unspecified atom stereocenters. The van der Waals surface area contributed by atoms with Gasteiger partial charge in [0.25, 0.3) is 0 Å². The fourth-order valence-corrected chi connectivity index (χ4v) is 4.52. The number of rotatable bonds is 5. The van der Waals surface area contributed by atoms with E-state index in [4.69, 9.17) is 0 Å². The molecule has 3 rings (SSSR count). The first-order valence-electron chi connectivity index (χ1n) is 9.11. The van der Waals surface area contributed by atoms with Gasteiger partial charge in [-0.05, 0) is 25.3 Å². The Hall–Kier alpha value is -1.49. The molecule has 4 nitrogen and oxygen atoms in total. The minimum Gasteiger partial charge on any atom is -0.353 e. The van der Waals surface area contributed by atoms with Crippen LogP contribution in [0.15, 0.2) is 24.3 Å². The van der Waals surface area contributed by atoms with Gasteiger partial charge in [0, 0.05) is 23.6 Å². The topological polar surface area (TPSA) is 49.4 Å². The molecule has 0 spiro atoms. The average Bonchev–Trinajstić information content (AvgIpc) is 3.00. The first-order valence-corrected chi connectivity index (χ1v) is 10.3. The van der Waals surface area contributed by atoms with Crippen molar-refractivity contribution in [2.75, 3.05) is 18.2 Å². The lowest BCUT2D eigenvalue weighted by molar-refractivity contribution is -0.143. The lowest BCUT2D eigenvalue weighted by atomic mass is 9.83. The maximum Gasteiger partial charge on any atom is 0.243 e. The number of benzene rings is 1. The maximum atomic E-state index is 12.7. The summed E-state index contributed by atoms with van der Waals surface area (Å²) in [6.45, 7) is 6.94. The summed E-state index contributed by atoms with van der Waals surface area (Å²) in [5.74, 6) is 1.66. The second-order valence-corrected chi connectivity index (χ2v) is 8.92. The fraction of sp³-hybridized carbons (Fsp3) is 0.600. The number of thioether (sulfide) groups is 1. The van der Waals surface area contributed by atoms with E-state index in [0.29, 0.717) is 18.2 Å². The Labute approximate surface area is 154 Å². The van der Waals surface area contributed by atoms with E-state index >= 15 is 0 Å². The Morgan fingerprint density at radius 3 is 2.72 bits per heavy atom. The lowest BCUT2D eigenvalue weighted by Crippen LogP contribution is -2.51. The van der Waals surface area contributed by atoms with E-state index in [-0.39, 0.29) is 29.2 Å². The number of nitrogens with zero attached hydrogens (tertiary/aromatic N) is 1. The highest BCUT2D eigenvalue weighted by Gasteiger charge is 2.39. The quantitative estimate of drug-likeness (QED) is 0.878. The van der Waals surface area contributed by atoms with Crippen molar-refractivity contribution in [2.45, 2.75) is 51.5 Å². The standard InChI is InChI=1S/C20H28N2O2S/c1-14-6-4-9-16(10-14)20(2,3)12-21-18(23)17-11-25-13-22(17)19(24)15-7-5-8-15/h4,6,9-10,15,17H,5,7-8,11-13H2,1-3H3,(H,21,23). The fourth-order valence-electron chi connectivity index (χ4n) is 3.36. The molecule has 1 N–H and O–H groups in total. The molecule has 25 heavy (non-hydrogen) atoms. The van der Waals surface area contributed by atoms with Gasteiger partial charge >= 0.3 is 0 Å². The van der Waals surface area contributed by atoms with Crippen LogP contribution in [0.2, 0.25) is 0 Å². The number of nitrogens with one attached hydrogen (secondary N) is 1. The normalized spacial score (nSPS) is 21.1. The van der Waals surface area contributed by atoms with Crippen molar-refractivity contribution in [1.82, 2.24) is 10.2 Å². The summed E-state index contributed by atoms with van der Waals surface area (Å²) in [7, 11) is 0. The van der Waals surface area contributed by atoms with E-state index in [1.807, 2.05) is 0 Å². The number of hydrogen-bond acceptors (Lipinski definition) is 3. The van der Waals surface area contributed by atoms with Crippen LogP contribution in [0.5, 0.6) is 0 Å². The van der Waals surface area contributed by atoms with Gasteiger partial charge in [0.05, 0.1) is 5.88 Å². The lowest BCUT2D eigenvalue weighted by Gasteiger charge is -2.32. The molecule has 1 aromatic carbocycles. The van der Waals surface area contributed by atoms with E-state index in [9.17, 15) is 9.59 Å². The molecule has 2 fully saturated rings. The number of hydrogen-bond donors (Lipinski definition) is 1. The molecule has 136 valence electrons. The molecule has 0 aromatic heterocycles. The van der Waals surface area contributed by atoms with Crippen LogP contribution in [0.25, 0.3) is 0 Å². The molecular formula is C20H28N2O2S. The van der Waals surface area contributed by atoms with Crippen molar-refractivity contribution in [3.8, 4) is 0 Å². The zero-order valence-electron chi connectivity index (χ0n) is 15.4. The smallest absolute Gasteiger partial charge is 0.243 e. The zero-order valence-corrected chi connectivity index (χ0v) is 16.2. The third-order valence-electron chi connectivity index (χ3n) is 5.43. The summed E-state index contributed by atoms with van der Waals surface area (Å²) < 4.78 is 0. The van der Waals surface area contributed by atoms with Crippen LogP contribution >= 0.6 is 11.8 Å². The second kappa shape index (κ2) is 7.40. The molecular weight excluding hydrogens is 332 g/mol. The van der Waals surface area contributed by atoms with Gasteiger partial charge in [0.1, 0.15) is 6.04 Å². The molecule has 1 aliphatic carbocycles. The first-order chi connectivity index (χ1) is 11.9. The zero-order chi connectivity index (χ0) is 18.0. The van der Waals surface area contributed by atoms with Gasteiger partial charge in [-0.25, -0.2) is 0 Å². The Bertz CT molecular complexity index is 655. The van der Waals surface area contributed by atoms with E-state index in [2.05, 4.69) is 50.4 Å². The van der Waals surface area contributed by atoms with Gasteiger partial charge in [-0.2, -0.15) is 0 Å². The first kappa shape index (κ1) is 18.3. The second-order valence-electron chi connectivity index (χ2n) is 7.92. The number of aryl methyl sites for hydroxylation is 1. The number of carbonyl (C=O) groups excluding carboxylic acids is 2. The molecule has 1 heterocycles. The largest absolute Gasteiger partial charge is 0.353 e. The van der Waals surface area contributed by atoms with Gasteiger partial charge in [-0.1, -0.05) is 50.1 Å². The maximum absolute atomic E-state index is 12.7. The minimum atomic E-state index is -0.314. The third-order valence-corrected chi connectivity index (χ3v) is 6.44. The minimum absolute atomic E-state index is 0.0154. The van der Waals surface area contributed by atoms with E-state index in [0.717, 1.165) is 19.3 Å². The van der Waals surface area contributed by atoms with Crippen LogP contribution in [0.1, 0.15) is 44.2 Å². The van der Waals surface area contributed by atoms with Crippen LogP contribution in [0.3, 0.4) is 0 Å². The van der Waals surface area contributed by atoms with Crippen molar-refractivity contribution in [2.24, 2.45) is 5.92 Å². The van der Waals surface area contributed by atoms with E-state index in [1.165, 1.54) is 11.1 Å². The summed E-state index contributed by atoms with van der Waals surface area (Å²) in [4.78, 5) is 27.0. The van der Waals surface area contributed by atoms with Crippen molar-refractivity contribution < 1.29 is 9.59 Å². The van der Waals surface area contributed by atoms with Gasteiger partial charge < -0.3 is 10.2 Å². The number of carbonyl (C=O) groups is 2. The van der Waals surface area contributed by atoms with Gasteiger partial charge in [0.15, 0.2) is 0 Å². The summed E-state index contributed by atoms with van der Waals surface area (Å²) in [5, 5.41) is 3.10. The molecule has 1 aromatic rings. The highest BCUT2D eigenvalue weighted by Crippen LogP contribution is 2.32. The summed E-state index contributed by atoms with van der Waals surface area (Å²) in [5.41, 5.74) is 2.30. The molecule has 1 atom stereocenters. The highest BCUT2D eigenvalue weighted by atomic mass is 32.2. The molecule has 1 saturated carbocycles. The summed E-state index contributed by atoms with van der Waals surface area (Å²) in [6, 6.07) is 8.10. The van der Waals surface area contributed by atoms with Crippen LogP contribution in [-0.4, -0.2) is 40.9 Å². The monoisotopic (exact) mass is 360 g/mol. The Kier molecular flexibility index (Phi) is 5.42. The predicted molar refractivity (Wildman–Crippen MR) is 103 cm³/mol. The van der Waals surface area contributed by atoms with Gasteiger partial charge in [-0.3, -0.25) is 9.59 Å². The average molecular weight is 361 g/mol. The van der Waals surface area contributed by atoms with Crippen LogP contribution in [-0.2, 0) is 15.0 Å². The predicted octanol–water partition coefficient (Wildman–Crippen LogP) is 3.09. The van der Waals surface area contributed by atoms with E-state index in [1.54, 1.807) is 16.7 Å². The molecule has 2 amide bonds. The van der Waals surface area contributed by atoms with Crippen molar-refractivity contribution in [3.05, 3.63) is 35.4 Å². The van der Waals surface area contributed by atoms with Crippen molar-refractivity contribution in [3.63, 3.8) is 0 Å². The van der Waals surface area contributed by atoms with Crippen molar-refractivity contribution in [1.29, 1.82) is 0 Å². The Morgan fingerprint density at radius 1 is 1.32 bits per heavy atom.